The van der Waals surface area contributed by atoms with E-state index in [9.17, 15) is 14.4 Å². The first-order valence-electron chi connectivity index (χ1n) is 27.3. The molecule has 0 amide bonds. The summed E-state index contributed by atoms with van der Waals surface area (Å²) in [6.45, 7) is 6.47. The third kappa shape index (κ3) is 50.1. The highest BCUT2D eigenvalue weighted by atomic mass is 16.6. The minimum Gasteiger partial charge on any atom is -0.462 e. The molecule has 6 nitrogen and oxygen atoms in total. The van der Waals surface area contributed by atoms with E-state index in [1.165, 1.54) is 141 Å². The lowest BCUT2D eigenvalue weighted by molar-refractivity contribution is -0.167. The molecular weight excluding hydrogens is 793 g/mol. The lowest BCUT2D eigenvalue weighted by Gasteiger charge is -2.18. The van der Waals surface area contributed by atoms with Crippen molar-refractivity contribution in [3.8, 4) is 0 Å². The van der Waals surface area contributed by atoms with Crippen LogP contribution in [0.15, 0.2) is 60.8 Å². The van der Waals surface area contributed by atoms with Crippen molar-refractivity contribution in [1.82, 2.24) is 0 Å². The Morgan fingerprint density at radius 3 is 0.969 bits per heavy atom. The van der Waals surface area contributed by atoms with Crippen molar-refractivity contribution in [1.29, 1.82) is 0 Å². The molecular formula is C58H102O6. The van der Waals surface area contributed by atoms with Crippen LogP contribution in [0.1, 0.15) is 271 Å². The highest BCUT2D eigenvalue weighted by molar-refractivity contribution is 5.71. The molecule has 0 aromatic heterocycles. The van der Waals surface area contributed by atoms with Gasteiger partial charge in [0.05, 0.1) is 0 Å². The molecule has 0 aliphatic carbocycles. The summed E-state index contributed by atoms with van der Waals surface area (Å²) in [5.41, 5.74) is 0. The largest absolute Gasteiger partial charge is 0.462 e. The van der Waals surface area contributed by atoms with Crippen molar-refractivity contribution < 1.29 is 28.6 Å². The monoisotopic (exact) mass is 895 g/mol. The summed E-state index contributed by atoms with van der Waals surface area (Å²) in [4.78, 5) is 37.8. The fraction of sp³-hybridized carbons (Fsp3) is 0.776. The summed E-state index contributed by atoms with van der Waals surface area (Å²) in [5, 5.41) is 0. The van der Waals surface area contributed by atoms with Crippen LogP contribution < -0.4 is 0 Å². The third-order valence-corrected chi connectivity index (χ3v) is 11.8. The Kier molecular flexibility index (Phi) is 50.4. The fourth-order valence-corrected chi connectivity index (χ4v) is 7.66. The van der Waals surface area contributed by atoms with Gasteiger partial charge in [-0.2, -0.15) is 0 Å². The highest BCUT2D eigenvalue weighted by Gasteiger charge is 2.19. The molecule has 0 aliphatic rings. The van der Waals surface area contributed by atoms with Gasteiger partial charge >= 0.3 is 17.9 Å². The highest BCUT2D eigenvalue weighted by Crippen LogP contribution is 2.15. The quantitative estimate of drug-likeness (QED) is 0.0262. The van der Waals surface area contributed by atoms with Crippen LogP contribution >= 0.6 is 0 Å². The van der Waals surface area contributed by atoms with Crippen molar-refractivity contribution in [3.63, 3.8) is 0 Å². The number of unbranched alkanes of at least 4 members (excludes halogenated alkanes) is 28. The van der Waals surface area contributed by atoms with Crippen LogP contribution in [0.4, 0.5) is 0 Å². The normalized spacial score (nSPS) is 12.5. The Morgan fingerprint density at radius 2 is 0.609 bits per heavy atom. The summed E-state index contributed by atoms with van der Waals surface area (Å²) in [5.74, 6) is -0.890. The number of hydrogen-bond acceptors (Lipinski definition) is 6. The second kappa shape index (κ2) is 52.7. The molecule has 0 rings (SSSR count). The Morgan fingerprint density at radius 1 is 0.328 bits per heavy atom. The molecule has 64 heavy (non-hydrogen) atoms. The molecule has 0 fully saturated rings. The number of carbonyl (C=O) groups is 3. The third-order valence-electron chi connectivity index (χ3n) is 11.8. The van der Waals surface area contributed by atoms with E-state index in [2.05, 4.69) is 81.5 Å². The van der Waals surface area contributed by atoms with Crippen LogP contribution in [0.25, 0.3) is 0 Å². The number of carbonyl (C=O) groups excluding carboxylic acids is 3. The average Bonchev–Trinajstić information content (AvgIpc) is 3.29. The predicted octanol–water partition coefficient (Wildman–Crippen LogP) is 18.0. The number of hydrogen-bond donors (Lipinski definition) is 0. The van der Waals surface area contributed by atoms with Gasteiger partial charge in [0.2, 0.25) is 0 Å². The molecule has 0 aromatic rings. The molecule has 0 aromatic carbocycles. The van der Waals surface area contributed by atoms with Gasteiger partial charge < -0.3 is 14.2 Å². The average molecular weight is 895 g/mol. The van der Waals surface area contributed by atoms with Crippen LogP contribution in [0.5, 0.6) is 0 Å². The molecule has 0 N–H and O–H groups in total. The first-order chi connectivity index (χ1) is 31.5. The SMILES string of the molecule is CC/C=C\C/C=C\C/C=C\C/C=C\CCCCCCCCCCCCCCC(=O)OCC(COC(=O)CCCCCCCC)OC(=O)CCCCCCC/C=C\CCCCCCCC. The Labute approximate surface area is 396 Å². The summed E-state index contributed by atoms with van der Waals surface area (Å²) in [7, 11) is 0. The second-order valence-corrected chi connectivity index (χ2v) is 18.1. The topological polar surface area (TPSA) is 78.9 Å². The van der Waals surface area contributed by atoms with E-state index >= 15 is 0 Å². The Balaban J connectivity index is 4.12. The predicted molar refractivity (Wildman–Crippen MR) is 275 cm³/mol. The lowest BCUT2D eigenvalue weighted by atomic mass is 10.0. The summed E-state index contributed by atoms with van der Waals surface area (Å²) >= 11 is 0. The van der Waals surface area contributed by atoms with Gasteiger partial charge in [0, 0.05) is 19.3 Å². The van der Waals surface area contributed by atoms with E-state index in [1.54, 1.807) is 0 Å². The number of allylic oxidation sites excluding steroid dienone is 10. The molecule has 370 valence electrons. The van der Waals surface area contributed by atoms with Crippen molar-refractivity contribution in [3.05, 3.63) is 60.8 Å². The van der Waals surface area contributed by atoms with E-state index < -0.39 is 6.10 Å². The fourth-order valence-electron chi connectivity index (χ4n) is 7.66. The molecule has 0 saturated carbocycles. The smallest absolute Gasteiger partial charge is 0.306 e. The van der Waals surface area contributed by atoms with Gasteiger partial charge in [-0.15, -0.1) is 0 Å². The molecule has 0 heterocycles. The molecule has 0 saturated heterocycles. The minimum absolute atomic E-state index is 0.0766. The molecule has 0 bridgehead atoms. The second-order valence-electron chi connectivity index (χ2n) is 18.1. The standard InChI is InChI=1S/C58H102O6/c1-4-7-10-13-16-18-20-22-24-25-26-27-28-29-30-31-32-33-35-36-38-40-42-45-48-51-57(60)63-54-55(53-62-56(59)50-47-44-15-12-9-6-3)64-58(61)52-49-46-43-41-39-37-34-23-21-19-17-14-11-8-5-2/h7,10,16,18,22-24,26-27,34,55H,4-6,8-9,11-15,17,19-21,25,28-33,35-54H2,1-3H3/b10-7-,18-16-,24-22-,27-26-,34-23-. The van der Waals surface area contributed by atoms with Gasteiger partial charge in [-0.1, -0.05) is 229 Å². The van der Waals surface area contributed by atoms with Crippen LogP contribution in [-0.2, 0) is 28.6 Å². The van der Waals surface area contributed by atoms with E-state index in [1.807, 2.05) is 0 Å². The van der Waals surface area contributed by atoms with E-state index in [0.29, 0.717) is 19.3 Å². The minimum atomic E-state index is -0.774. The first-order valence-corrected chi connectivity index (χ1v) is 27.3. The van der Waals surface area contributed by atoms with Gasteiger partial charge in [0.1, 0.15) is 13.2 Å². The van der Waals surface area contributed by atoms with Gasteiger partial charge in [0.25, 0.3) is 0 Å². The molecule has 0 spiro atoms. The van der Waals surface area contributed by atoms with Gasteiger partial charge in [-0.25, -0.2) is 0 Å². The van der Waals surface area contributed by atoms with Crippen LogP contribution in [0.3, 0.4) is 0 Å². The van der Waals surface area contributed by atoms with Crippen LogP contribution in [-0.4, -0.2) is 37.2 Å². The Bertz CT molecular complexity index is 1170. The van der Waals surface area contributed by atoms with Crippen molar-refractivity contribution in [2.75, 3.05) is 13.2 Å². The van der Waals surface area contributed by atoms with E-state index in [4.69, 9.17) is 14.2 Å². The van der Waals surface area contributed by atoms with E-state index in [0.717, 1.165) is 89.9 Å². The maximum absolute atomic E-state index is 12.8. The Hall–Kier alpha value is -2.89. The van der Waals surface area contributed by atoms with Crippen molar-refractivity contribution in [2.45, 2.75) is 277 Å². The molecule has 1 unspecified atom stereocenters. The molecule has 0 aliphatic heterocycles. The van der Waals surface area contributed by atoms with Crippen LogP contribution in [0, 0.1) is 0 Å². The van der Waals surface area contributed by atoms with Crippen molar-refractivity contribution >= 4 is 17.9 Å². The maximum atomic E-state index is 12.8. The zero-order chi connectivity index (χ0) is 46.5. The maximum Gasteiger partial charge on any atom is 0.306 e. The summed E-state index contributed by atoms with van der Waals surface area (Å²) in [6, 6.07) is 0. The summed E-state index contributed by atoms with van der Waals surface area (Å²) in [6.07, 6.45) is 65.3. The molecule has 6 heteroatoms. The van der Waals surface area contributed by atoms with Gasteiger partial charge in [-0.3, -0.25) is 14.4 Å². The molecule has 1 atom stereocenters. The molecule has 0 radical (unpaired) electrons. The van der Waals surface area contributed by atoms with Gasteiger partial charge in [0.15, 0.2) is 6.10 Å². The van der Waals surface area contributed by atoms with Gasteiger partial charge in [-0.05, 0) is 83.5 Å². The number of esters is 3. The van der Waals surface area contributed by atoms with Crippen molar-refractivity contribution in [2.24, 2.45) is 0 Å². The van der Waals surface area contributed by atoms with Crippen LogP contribution in [0.2, 0.25) is 0 Å². The zero-order valence-electron chi connectivity index (χ0n) is 42.3. The van der Waals surface area contributed by atoms with E-state index in [-0.39, 0.29) is 31.1 Å². The number of ether oxygens (including phenoxy) is 3. The zero-order valence-corrected chi connectivity index (χ0v) is 42.3. The number of rotatable bonds is 49. The first kappa shape index (κ1) is 61.1. The lowest BCUT2D eigenvalue weighted by Crippen LogP contribution is -2.30. The summed E-state index contributed by atoms with van der Waals surface area (Å²) < 4.78 is 16.7.